The predicted octanol–water partition coefficient (Wildman–Crippen LogP) is 2.94. The first-order valence-corrected chi connectivity index (χ1v) is 10.9. The van der Waals surface area contributed by atoms with Crippen LogP contribution < -0.4 is 15.4 Å². The van der Waals surface area contributed by atoms with E-state index in [1.54, 1.807) is 0 Å². The average molecular weight is 540 g/mol. The Labute approximate surface area is 201 Å². The number of aliphatic imine (C=N–C) groups is 1. The van der Waals surface area contributed by atoms with Gasteiger partial charge in [0.1, 0.15) is 11.6 Å². The van der Waals surface area contributed by atoms with Gasteiger partial charge >= 0.3 is 0 Å². The Morgan fingerprint density at radius 3 is 2.77 bits per heavy atom. The average Bonchev–Trinajstić information content (AvgIpc) is 3.35. The zero-order valence-corrected chi connectivity index (χ0v) is 20.7. The Hall–Kier alpha value is -1.88. The van der Waals surface area contributed by atoms with E-state index in [1.807, 2.05) is 36.7 Å². The molecule has 170 valence electrons. The largest absolute Gasteiger partial charge is 0.493 e. The maximum atomic E-state index is 6.03. The second-order valence-electron chi connectivity index (χ2n) is 8.12. The van der Waals surface area contributed by atoms with Crippen LogP contribution in [-0.2, 0) is 24.9 Å². The second kappa shape index (κ2) is 11.7. The van der Waals surface area contributed by atoms with Crippen molar-refractivity contribution in [1.29, 1.82) is 0 Å². The summed E-state index contributed by atoms with van der Waals surface area (Å²) in [6.45, 7) is 5.42. The fourth-order valence-corrected chi connectivity index (χ4v) is 3.39. The van der Waals surface area contributed by atoms with E-state index in [1.165, 1.54) is 12.8 Å². The normalized spacial score (nSPS) is 18.5. The van der Waals surface area contributed by atoms with Crippen molar-refractivity contribution in [3.05, 3.63) is 41.5 Å². The van der Waals surface area contributed by atoms with E-state index in [0.717, 1.165) is 67.4 Å². The SMILES string of the molecule is Cc1nnc(CNC(=NCc2ccccc2OCC2CC2)NCC2CCCO2)n1C.I. The number of nitrogens with zero attached hydrogens (tertiary/aromatic N) is 4. The van der Waals surface area contributed by atoms with Gasteiger partial charge in [0, 0.05) is 25.8 Å². The van der Waals surface area contributed by atoms with Crippen molar-refractivity contribution in [1.82, 2.24) is 25.4 Å². The number of para-hydroxylation sites is 1. The Bertz CT molecular complexity index is 861. The first-order chi connectivity index (χ1) is 14.7. The smallest absolute Gasteiger partial charge is 0.192 e. The zero-order valence-electron chi connectivity index (χ0n) is 18.3. The molecule has 31 heavy (non-hydrogen) atoms. The molecule has 8 nitrogen and oxygen atoms in total. The molecule has 2 aromatic rings. The summed E-state index contributed by atoms with van der Waals surface area (Å²) in [5.74, 6) is 4.15. The standard InChI is InChI=1S/C22H32N6O2.HI/c1-16-26-27-21(28(16)2)14-25-22(24-13-19-7-5-11-29-19)23-12-18-6-3-4-8-20(18)30-15-17-9-10-17;/h3-4,6,8,17,19H,5,7,9-15H2,1-2H3,(H2,23,24,25);1H. The topological polar surface area (TPSA) is 85.6 Å². The molecule has 2 N–H and O–H groups in total. The number of guanidine groups is 1. The van der Waals surface area contributed by atoms with Gasteiger partial charge in [0.15, 0.2) is 11.8 Å². The molecule has 2 aliphatic rings. The monoisotopic (exact) mass is 540 g/mol. The van der Waals surface area contributed by atoms with Crippen molar-refractivity contribution in [2.24, 2.45) is 18.0 Å². The van der Waals surface area contributed by atoms with E-state index in [4.69, 9.17) is 14.5 Å². The minimum absolute atomic E-state index is 0. The molecule has 1 aliphatic carbocycles. The maximum Gasteiger partial charge on any atom is 0.192 e. The van der Waals surface area contributed by atoms with E-state index >= 15 is 0 Å². The lowest BCUT2D eigenvalue weighted by atomic mass is 10.2. The molecule has 1 unspecified atom stereocenters. The van der Waals surface area contributed by atoms with E-state index in [-0.39, 0.29) is 30.1 Å². The molecular formula is C22H33IN6O2. The van der Waals surface area contributed by atoms with Gasteiger partial charge in [-0.05, 0) is 44.6 Å². The summed E-state index contributed by atoms with van der Waals surface area (Å²) in [7, 11) is 1.97. The summed E-state index contributed by atoms with van der Waals surface area (Å²) in [4.78, 5) is 4.81. The van der Waals surface area contributed by atoms with Crippen LogP contribution in [-0.4, -0.2) is 46.6 Å². The van der Waals surface area contributed by atoms with Gasteiger partial charge in [-0.3, -0.25) is 0 Å². The minimum atomic E-state index is 0. The summed E-state index contributed by atoms with van der Waals surface area (Å²) in [5, 5.41) is 15.2. The Morgan fingerprint density at radius 1 is 1.23 bits per heavy atom. The third-order valence-electron chi connectivity index (χ3n) is 5.67. The van der Waals surface area contributed by atoms with Gasteiger partial charge in [-0.2, -0.15) is 0 Å². The molecule has 4 rings (SSSR count). The van der Waals surface area contributed by atoms with Crippen molar-refractivity contribution in [2.45, 2.75) is 51.8 Å². The van der Waals surface area contributed by atoms with E-state index < -0.39 is 0 Å². The van der Waals surface area contributed by atoms with Crippen LogP contribution in [0, 0.1) is 12.8 Å². The molecule has 1 aliphatic heterocycles. The summed E-state index contributed by atoms with van der Waals surface area (Å²) < 4.78 is 13.7. The Kier molecular flexibility index (Phi) is 8.94. The summed E-state index contributed by atoms with van der Waals surface area (Å²) in [6.07, 6.45) is 5.01. The molecule has 9 heteroatoms. The number of aryl methyl sites for hydroxylation is 1. The Balaban J connectivity index is 0.00000272. The highest BCUT2D eigenvalue weighted by atomic mass is 127. The van der Waals surface area contributed by atoms with Crippen LogP contribution in [0.5, 0.6) is 5.75 Å². The van der Waals surface area contributed by atoms with Crippen molar-refractivity contribution >= 4 is 29.9 Å². The molecule has 0 radical (unpaired) electrons. The van der Waals surface area contributed by atoms with Crippen LogP contribution in [0.25, 0.3) is 0 Å². The maximum absolute atomic E-state index is 6.03. The molecule has 0 spiro atoms. The van der Waals surface area contributed by atoms with E-state index in [0.29, 0.717) is 13.1 Å². The van der Waals surface area contributed by atoms with Crippen LogP contribution in [0.2, 0.25) is 0 Å². The zero-order chi connectivity index (χ0) is 20.8. The molecule has 1 aromatic heterocycles. The minimum Gasteiger partial charge on any atom is -0.493 e. The number of ether oxygens (including phenoxy) is 2. The van der Waals surface area contributed by atoms with Crippen LogP contribution in [0.4, 0.5) is 0 Å². The van der Waals surface area contributed by atoms with Gasteiger partial charge < -0.3 is 24.7 Å². The fourth-order valence-electron chi connectivity index (χ4n) is 3.39. The van der Waals surface area contributed by atoms with Crippen molar-refractivity contribution < 1.29 is 9.47 Å². The lowest BCUT2D eigenvalue weighted by Crippen LogP contribution is -2.41. The predicted molar refractivity (Wildman–Crippen MR) is 131 cm³/mol. The van der Waals surface area contributed by atoms with Gasteiger partial charge in [-0.1, -0.05) is 18.2 Å². The third-order valence-corrected chi connectivity index (χ3v) is 5.67. The molecular weight excluding hydrogens is 507 g/mol. The number of halogens is 1. The highest BCUT2D eigenvalue weighted by Gasteiger charge is 2.22. The Morgan fingerprint density at radius 2 is 2.06 bits per heavy atom. The number of rotatable bonds is 9. The third kappa shape index (κ3) is 7.06. The van der Waals surface area contributed by atoms with Crippen LogP contribution in [0.1, 0.15) is 42.9 Å². The van der Waals surface area contributed by atoms with Gasteiger partial charge in [-0.15, -0.1) is 34.2 Å². The number of aromatic nitrogens is 3. The number of nitrogens with one attached hydrogen (secondary N) is 2. The number of hydrogen-bond donors (Lipinski definition) is 2. The van der Waals surface area contributed by atoms with E-state index in [2.05, 4.69) is 26.9 Å². The molecule has 1 saturated carbocycles. The molecule has 0 bridgehead atoms. The molecule has 2 heterocycles. The second-order valence-corrected chi connectivity index (χ2v) is 8.12. The quantitative estimate of drug-likeness (QED) is 0.289. The molecule has 2 fully saturated rings. The van der Waals surface area contributed by atoms with Crippen molar-refractivity contribution in [2.75, 3.05) is 19.8 Å². The highest BCUT2D eigenvalue weighted by Crippen LogP contribution is 2.30. The van der Waals surface area contributed by atoms with Crippen LogP contribution >= 0.6 is 24.0 Å². The number of hydrogen-bond acceptors (Lipinski definition) is 5. The van der Waals surface area contributed by atoms with Gasteiger partial charge in [0.2, 0.25) is 0 Å². The lowest BCUT2D eigenvalue weighted by Gasteiger charge is -2.16. The molecule has 0 amide bonds. The van der Waals surface area contributed by atoms with Crippen molar-refractivity contribution in [3.63, 3.8) is 0 Å². The molecule has 1 atom stereocenters. The van der Waals surface area contributed by atoms with Gasteiger partial charge in [-0.25, -0.2) is 4.99 Å². The molecule has 1 saturated heterocycles. The number of benzene rings is 1. The first-order valence-electron chi connectivity index (χ1n) is 10.9. The summed E-state index contributed by atoms with van der Waals surface area (Å²) in [5.41, 5.74) is 1.09. The summed E-state index contributed by atoms with van der Waals surface area (Å²) >= 11 is 0. The fraction of sp³-hybridized carbons (Fsp3) is 0.591. The van der Waals surface area contributed by atoms with Crippen LogP contribution in [0.3, 0.4) is 0 Å². The van der Waals surface area contributed by atoms with Crippen LogP contribution in [0.15, 0.2) is 29.3 Å². The molecule has 1 aromatic carbocycles. The highest BCUT2D eigenvalue weighted by molar-refractivity contribution is 14.0. The van der Waals surface area contributed by atoms with Crippen molar-refractivity contribution in [3.8, 4) is 5.75 Å². The van der Waals surface area contributed by atoms with Gasteiger partial charge in [0.05, 0.1) is 25.8 Å². The summed E-state index contributed by atoms with van der Waals surface area (Å²) in [6, 6.07) is 8.16. The van der Waals surface area contributed by atoms with E-state index in [9.17, 15) is 0 Å². The lowest BCUT2D eigenvalue weighted by molar-refractivity contribution is 0.113. The van der Waals surface area contributed by atoms with Gasteiger partial charge in [0.25, 0.3) is 0 Å². The first kappa shape index (κ1) is 23.8.